The molecule has 0 aromatic heterocycles. The van der Waals surface area contributed by atoms with E-state index in [0.717, 1.165) is 29.0 Å². The van der Waals surface area contributed by atoms with Gasteiger partial charge in [0.1, 0.15) is 11.5 Å². The third-order valence-electron chi connectivity index (χ3n) is 3.31. The van der Waals surface area contributed by atoms with E-state index in [1.54, 1.807) is 0 Å². The number of aryl methyl sites for hydroxylation is 2. The number of hydrogen-bond donors (Lipinski definition) is 1. The van der Waals surface area contributed by atoms with Crippen LogP contribution in [0.4, 0.5) is 0 Å². The maximum atomic E-state index is 6.13. The summed E-state index contributed by atoms with van der Waals surface area (Å²) in [6, 6.07) is 14.2. The van der Waals surface area contributed by atoms with Gasteiger partial charge in [0, 0.05) is 11.6 Å². The van der Waals surface area contributed by atoms with Crippen LogP contribution >= 0.6 is 0 Å². The smallest absolute Gasteiger partial charge is 0.132 e. The van der Waals surface area contributed by atoms with Crippen LogP contribution in [0.3, 0.4) is 0 Å². The van der Waals surface area contributed by atoms with E-state index in [1.807, 2.05) is 30.3 Å². The molecule has 100 valence electrons. The van der Waals surface area contributed by atoms with E-state index in [0.29, 0.717) is 0 Å². The molecule has 2 aromatic rings. The standard InChI is InChI=1S/C17H21NO/c1-4-15(18)14-7-5-6-8-17(14)19-16-10-9-12(2)11-13(16)3/h5-11,15H,4,18H2,1-3H3. The Morgan fingerprint density at radius 1 is 1.05 bits per heavy atom. The largest absolute Gasteiger partial charge is 0.457 e. The Labute approximate surface area is 115 Å². The summed E-state index contributed by atoms with van der Waals surface area (Å²) in [5.41, 5.74) is 9.57. The first-order valence-electron chi connectivity index (χ1n) is 6.71. The number of nitrogens with two attached hydrogens (primary N) is 1. The summed E-state index contributed by atoms with van der Waals surface area (Å²) in [6.07, 6.45) is 0.896. The van der Waals surface area contributed by atoms with Crippen LogP contribution in [0.1, 0.15) is 36.1 Å². The fourth-order valence-electron chi connectivity index (χ4n) is 2.13. The summed E-state index contributed by atoms with van der Waals surface area (Å²) >= 11 is 0. The summed E-state index contributed by atoms with van der Waals surface area (Å²) in [5.74, 6) is 1.74. The molecule has 1 unspecified atom stereocenters. The molecule has 0 spiro atoms. The second-order valence-corrected chi connectivity index (χ2v) is 4.92. The highest BCUT2D eigenvalue weighted by molar-refractivity contribution is 5.43. The molecule has 0 saturated heterocycles. The molecule has 0 amide bonds. The van der Waals surface area contributed by atoms with Crippen molar-refractivity contribution in [3.63, 3.8) is 0 Å². The number of para-hydroxylation sites is 1. The number of rotatable bonds is 4. The highest BCUT2D eigenvalue weighted by atomic mass is 16.5. The predicted octanol–water partition coefficient (Wildman–Crippen LogP) is 4.51. The molecule has 0 fully saturated rings. The molecule has 0 aliphatic heterocycles. The molecular weight excluding hydrogens is 234 g/mol. The highest BCUT2D eigenvalue weighted by Gasteiger charge is 2.11. The van der Waals surface area contributed by atoms with Crippen LogP contribution in [0, 0.1) is 13.8 Å². The number of ether oxygens (including phenoxy) is 1. The maximum absolute atomic E-state index is 6.13. The Kier molecular flexibility index (Phi) is 4.23. The summed E-state index contributed by atoms with van der Waals surface area (Å²) in [5, 5.41) is 0. The van der Waals surface area contributed by atoms with Gasteiger partial charge in [-0.2, -0.15) is 0 Å². The lowest BCUT2D eigenvalue weighted by Gasteiger charge is -2.16. The maximum Gasteiger partial charge on any atom is 0.132 e. The van der Waals surface area contributed by atoms with E-state index in [-0.39, 0.29) is 6.04 Å². The van der Waals surface area contributed by atoms with Gasteiger partial charge in [0.15, 0.2) is 0 Å². The minimum absolute atomic E-state index is 0.0157. The van der Waals surface area contributed by atoms with Crippen molar-refractivity contribution in [3.05, 3.63) is 59.2 Å². The molecule has 0 radical (unpaired) electrons. The lowest BCUT2D eigenvalue weighted by atomic mass is 10.0. The van der Waals surface area contributed by atoms with Crippen molar-refractivity contribution in [1.82, 2.24) is 0 Å². The van der Waals surface area contributed by atoms with E-state index in [9.17, 15) is 0 Å². The Morgan fingerprint density at radius 3 is 2.47 bits per heavy atom. The van der Waals surface area contributed by atoms with Gasteiger partial charge in [-0.3, -0.25) is 0 Å². The van der Waals surface area contributed by atoms with Gasteiger partial charge in [-0.05, 0) is 38.0 Å². The normalized spacial score (nSPS) is 12.2. The second-order valence-electron chi connectivity index (χ2n) is 4.92. The number of benzene rings is 2. The fraction of sp³-hybridized carbons (Fsp3) is 0.294. The summed E-state index contributed by atoms with van der Waals surface area (Å²) < 4.78 is 6.04. The monoisotopic (exact) mass is 255 g/mol. The van der Waals surface area contributed by atoms with Crippen molar-refractivity contribution < 1.29 is 4.74 Å². The Hall–Kier alpha value is -1.80. The Morgan fingerprint density at radius 2 is 1.79 bits per heavy atom. The van der Waals surface area contributed by atoms with E-state index in [1.165, 1.54) is 5.56 Å². The van der Waals surface area contributed by atoms with Gasteiger partial charge in [-0.25, -0.2) is 0 Å². The molecule has 1 atom stereocenters. The van der Waals surface area contributed by atoms with Crippen molar-refractivity contribution in [1.29, 1.82) is 0 Å². The summed E-state index contributed by atoms with van der Waals surface area (Å²) in [6.45, 7) is 6.22. The Bertz CT molecular complexity index is 563. The van der Waals surface area contributed by atoms with E-state index in [2.05, 4.69) is 32.9 Å². The van der Waals surface area contributed by atoms with Gasteiger partial charge in [-0.15, -0.1) is 0 Å². The first kappa shape index (κ1) is 13.6. The molecule has 0 aliphatic rings. The van der Waals surface area contributed by atoms with Crippen LogP contribution in [-0.4, -0.2) is 0 Å². The third-order valence-corrected chi connectivity index (χ3v) is 3.31. The summed E-state index contributed by atoms with van der Waals surface area (Å²) in [7, 11) is 0. The SMILES string of the molecule is CCC(N)c1ccccc1Oc1ccc(C)cc1C. The van der Waals surface area contributed by atoms with Crippen LogP contribution in [0.25, 0.3) is 0 Å². The van der Waals surface area contributed by atoms with Gasteiger partial charge in [0.25, 0.3) is 0 Å². The zero-order chi connectivity index (χ0) is 13.8. The third kappa shape index (κ3) is 3.15. The molecule has 0 bridgehead atoms. The molecular formula is C17H21NO. The number of hydrogen-bond acceptors (Lipinski definition) is 2. The lowest BCUT2D eigenvalue weighted by Crippen LogP contribution is -2.09. The Balaban J connectivity index is 2.33. The van der Waals surface area contributed by atoms with Crippen molar-refractivity contribution in [2.75, 3.05) is 0 Å². The van der Waals surface area contributed by atoms with Gasteiger partial charge in [0.2, 0.25) is 0 Å². The molecule has 2 N–H and O–H groups in total. The van der Waals surface area contributed by atoms with E-state index < -0.39 is 0 Å². The minimum Gasteiger partial charge on any atom is -0.457 e. The van der Waals surface area contributed by atoms with Crippen molar-refractivity contribution in [3.8, 4) is 11.5 Å². The van der Waals surface area contributed by atoms with Crippen molar-refractivity contribution in [2.24, 2.45) is 5.73 Å². The van der Waals surface area contributed by atoms with Crippen molar-refractivity contribution in [2.45, 2.75) is 33.2 Å². The molecule has 2 nitrogen and oxygen atoms in total. The van der Waals surface area contributed by atoms with Gasteiger partial charge in [0.05, 0.1) is 0 Å². The minimum atomic E-state index is 0.0157. The average Bonchev–Trinajstić information content (AvgIpc) is 2.41. The molecule has 0 saturated carbocycles. The molecule has 2 aromatic carbocycles. The van der Waals surface area contributed by atoms with Gasteiger partial charge in [-0.1, -0.05) is 42.8 Å². The highest BCUT2D eigenvalue weighted by Crippen LogP contribution is 2.31. The van der Waals surface area contributed by atoms with Gasteiger partial charge < -0.3 is 10.5 Å². The van der Waals surface area contributed by atoms with Crippen LogP contribution < -0.4 is 10.5 Å². The van der Waals surface area contributed by atoms with Crippen LogP contribution in [-0.2, 0) is 0 Å². The van der Waals surface area contributed by atoms with E-state index in [4.69, 9.17) is 10.5 Å². The quantitative estimate of drug-likeness (QED) is 0.872. The summed E-state index contributed by atoms with van der Waals surface area (Å²) in [4.78, 5) is 0. The molecule has 2 heteroatoms. The molecule has 19 heavy (non-hydrogen) atoms. The lowest BCUT2D eigenvalue weighted by molar-refractivity contribution is 0.465. The zero-order valence-electron chi connectivity index (χ0n) is 11.8. The van der Waals surface area contributed by atoms with Crippen LogP contribution in [0.5, 0.6) is 11.5 Å². The van der Waals surface area contributed by atoms with Crippen molar-refractivity contribution >= 4 is 0 Å². The average molecular weight is 255 g/mol. The van der Waals surface area contributed by atoms with Crippen LogP contribution in [0.2, 0.25) is 0 Å². The molecule has 0 heterocycles. The van der Waals surface area contributed by atoms with E-state index >= 15 is 0 Å². The first-order chi connectivity index (χ1) is 9.11. The molecule has 0 aliphatic carbocycles. The van der Waals surface area contributed by atoms with Crippen LogP contribution in [0.15, 0.2) is 42.5 Å². The fourth-order valence-corrected chi connectivity index (χ4v) is 2.13. The zero-order valence-corrected chi connectivity index (χ0v) is 11.8. The first-order valence-corrected chi connectivity index (χ1v) is 6.71. The topological polar surface area (TPSA) is 35.2 Å². The molecule has 2 rings (SSSR count). The second kappa shape index (κ2) is 5.89. The predicted molar refractivity (Wildman–Crippen MR) is 79.7 cm³/mol. The van der Waals surface area contributed by atoms with Gasteiger partial charge >= 0.3 is 0 Å².